The minimum absolute atomic E-state index is 0. The van der Waals surface area contributed by atoms with Gasteiger partial charge in [-0.05, 0) is 32.1 Å². The molecule has 0 aromatic carbocycles. The van der Waals surface area contributed by atoms with Crippen molar-refractivity contribution in [3.8, 4) is 0 Å². The maximum Gasteiger partial charge on any atom is 0.305 e. The van der Waals surface area contributed by atoms with Crippen molar-refractivity contribution in [3.05, 3.63) is 0 Å². The van der Waals surface area contributed by atoms with Crippen molar-refractivity contribution in [2.75, 3.05) is 40.0 Å². The maximum atomic E-state index is 11.0. The summed E-state index contributed by atoms with van der Waals surface area (Å²) < 4.78 is 10.2. The molecule has 0 amide bonds. The highest BCUT2D eigenvalue weighted by atomic mass is 127. The van der Waals surface area contributed by atoms with E-state index in [1.165, 1.54) is 7.11 Å². The average Bonchev–Trinajstić information content (AvgIpc) is 2.53. The van der Waals surface area contributed by atoms with Gasteiger partial charge in [-0.3, -0.25) is 9.79 Å². The van der Waals surface area contributed by atoms with Gasteiger partial charge in [0.15, 0.2) is 5.96 Å². The van der Waals surface area contributed by atoms with Crippen LogP contribution in [0.4, 0.5) is 0 Å². The van der Waals surface area contributed by atoms with Gasteiger partial charge in [0.2, 0.25) is 0 Å². The van der Waals surface area contributed by atoms with Gasteiger partial charge in [-0.25, -0.2) is 0 Å². The number of ether oxygens (including phenoxy) is 2. The minimum Gasteiger partial charge on any atom is -0.469 e. The molecule has 24 heavy (non-hydrogen) atoms. The first-order valence-corrected chi connectivity index (χ1v) is 8.76. The first-order valence-electron chi connectivity index (χ1n) is 8.76. The number of nitrogens with zero attached hydrogens (tertiary/aromatic N) is 1. The average molecular weight is 457 g/mol. The van der Waals surface area contributed by atoms with Gasteiger partial charge in [0, 0.05) is 32.7 Å². The molecule has 144 valence electrons. The molecule has 2 N–H and O–H groups in total. The van der Waals surface area contributed by atoms with Gasteiger partial charge in [-0.15, -0.1) is 24.0 Å². The van der Waals surface area contributed by atoms with Gasteiger partial charge in [-0.1, -0.05) is 20.3 Å². The van der Waals surface area contributed by atoms with Crippen LogP contribution >= 0.6 is 24.0 Å². The zero-order valence-corrected chi connectivity index (χ0v) is 18.1. The van der Waals surface area contributed by atoms with Crippen LogP contribution in [0.2, 0.25) is 0 Å². The molecule has 0 aliphatic heterocycles. The van der Waals surface area contributed by atoms with Gasteiger partial charge >= 0.3 is 5.97 Å². The summed E-state index contributed by atoms with van der Waals surface area (Å²) >= 11 is 0. The van der Waals surface area contributed by atoms with Crippen molar-refractivity contribution in [2.45, 2.75) is 52.9 Å². The molecule has 0 aromatic rings. The van der Waals surface area contributed by atoms with Crippen LogP contribution in [0.3, 0.4) is 0 Å². The molecule has 0 unspecified atom stereocenters. The second-order valence-electron chi connectivity index (χ2n) is 5.87. The molecule has 6 nitrogen and oxygen atoms in total. The molecule has 0 aromatic heterocycles. The Morgan fingerprint density at radius 2 is 1.88 bits per heavy atom. The van der Waals surface area contributed by atoms with E-state index < -0.39 is 0 Å². The van der Waals surface area contributed by atoms with E-state index in [1.54, 1.807) is 0 Å². The summed E-state index contributed by atoms with van der Waals surface area (Å²) in [6.45, 7) is 10.3. The van der Waals surface area contributed by atoms with E-state index in [0.29, 0.717) is 18.9 Å². The van der Waals surface area contributed by atoms with E-state index in [0.717, 1.165) is 57.9 Å². The molecule has 0 fully saturated rings. The van der Waals surface area contributed by atoms with Gasteiger partial charge in [0.1, 0.15) is 0 Å². The Morgan fingerprint density at radius 3 is 2.50 bits per heavy atom. The number of hydrogen-bond donors (Lipinski definition) is 2. The van der Waals surface area contributed by atoms with Gasteiger partial charge in [-0.2, -0.15) is 0 Å². The van der Waals surface area contributed by atoms with E-state index >= 15 is 0 Å². The van der Waals surface area contributed by atoms with Crippen LogP contribution in [0.1, 0.15) is 52.9 Å². The zero-order valence-electron chi connectivity index (χ0n) is 15.7. The molecule has 0 rings (SSSR count). The Hall–Kier alpha value is -0.570. The van der Waals surface area contributed by atoms with Crippen LogP contribution in [0.15, 0.2) is 4.99 Å². The number of hydrogen-bond acceptors (Lipinski definition) is 4. The molecule has 0 radical (unpaired) electrons. The number of guanidine groups is 1. The van der Waals surface area contributed by atoms with E-state index in [2.05, 4.69) is 34.2 Å². The monoisotopic (exact) mass is 457 g/mol. The van der Waals surface area contributed by atoms with Crippen LogP contribution in [-0.2, 0) is 14.3 Å². The standard InChI is InChI=1S/C17H35N3O3.HI/c1-5-18-17(20-12-14-23-13-10-15(2)3)19-11-8-6-7-9-16(21)22-4;/h15H,5-14H2,1-4H3,(H2,18,19,20);1H. The Labute approximate surface area is 164 Å². The summed E-state index contributed by atoms with van der Waals surface area (Å²) in [5, 5.41) is 6.49. The van der Waals surface area contributed by atoms with Crippen LogP contribution in [0.25, 0.3) is 0 Å². The van der Waals surface area contributed by atoms with E-state index in [-0.39, 0.29) is 29.9 Å². The van der Waals surface area contributed by atoms with Crippen molar-refractivity contribution in [2.24, 2.45) is 10.9 Å². The van der Waals surface area contributed by atoms with Crippen molar-refractivity contribution in [1.82, 2.24) is 10.6 Å². The number of aliphatic imine (C=N–C) groups is 1. The second-order valence-corrected chi connectivity index (χ2v) is 5.87. The third-order valence-electron chi connectivity index (χ3n) is 3.26. The lowest BCUT2D eigenvalue weighted by Crippen LogP contribution is -2.39. The minimum atomic E-state index is -0.138. The summed E-state index contributed by atoms with van der Waals surface area (Å²) in [4.78, 5) is 15.5. The largest absolute Gasteiger partial charge is 0.469 e. The third kappa shape index (κ3) is 17.8. The number of carbonyl (C=O) groups excluding carboxylic acids is 1. The fourth-order valence-corrected chi connectivity index (χ4v) is 1.86. The normalized spacial score (nSPS) is 11.1. The summed E-state index contributed by atoms with van der Waals surface area (Å²) in [6.07, 6.45) is 4.40. The highest BCUT2D eigenvalue weighted by molar-refractivity contribution is 14.0. The number of carbonyl (C=O) groups is 1. The van der Waals surface area contributed by atoms with Crippen LogP contribution < -0.4 is 10.6 Å². The van der Waals surface area contributed by atoms with Crippen LogP contribution in [-0.4, -0.2) is 51.9 Å². The fourth-order valence-electron chi connectivity index (χ4n) is 1.86. The summed E-state index contributed by atoms with van der Waals surface area (Å²) in [7, 11) is 1.42. The van der Waals surface area contributed by atoms with Gasteiger partial charge in [0.25, 0.3) is 0 Å². The number of unbranched alkanes of at least 4 members (excludes halogenated alkanes) is 2. The lowest BCUT2D eigenvalue weighted by Gasteiger charge is -2.12. The number of methoxy groups -OCH3 is 1. The molecule has 0 atom stereocenters. The van der Waals surface area contributed by atoms with Crippen molar-refractivity contribution >= 4 is 35.9 Å². The summed E-state index contributed by atoms with van der Waals surface area (Å²) in [5.74, 6) is 1.37. The molecule has 0 heterocycles. The van der Waals surface area contributed by atoms with E-state index in [9.17, 15) is 4.79 Å². The van der Waals surface area contributed by atoms with Crippen LogP contribution in [0, 0.1) is 5.92 Å². The third-order valence-corrected chi connectivity index (χ3v) is 3.26. The molecular weight excluding hydrogens is 421 g/mol. The topological polar surface area (TPSA) is 72.0 Å². The Morgan fingerprint density at radius 1 is 1.12 bits per heavy atom. The molecule has 0 saturated heterocycles. The fraction of sp³-hybridized carbons (Fsp3) is 0.882. The predicted octanol–water partition coefficient (Wildman–Crippen LogP) is 2.96. The van der Waals surface area contributed by atoms with Gasteiger partial charge < -0.3 is 20.1 Å². The lowest BCUT2D eigenvalue weighted by molar-refractivity contribution is -0.140. The zero-order chi connectivity index (χ0) is 17.3. The summed E-state index contributed by atoms with van der Waals surface area (Å²) in [6, 6.07) is 0. The van der Waals surface area contributed by atoms with E-state index in [4.69, 9.17) is 4.74 Å². The van der Waals surface area contributed by atoms with E-state index in [1.807, 2.05) is 6.92 Å². The van der Waals surface area contributed by atoms with Crippen molar-refractivity contribution < 1.29 is 14.3 Å². The predicted molar refractivity (Wildman–Crippen MR) is 110 cm³/mol. The molecule has 0 aliphatic rings. The molecule has 0 saturated carbocycles. The van der Waals surface area contributed by atoms with Crippen molar-refractivity contribution in [3.63, 3.8) is 0 Å². The highest BCUT2D eigenvalue weighted by Gasteiger charge is 2.00. The smallest absolute Gasteiger partial charge is 0.305 e. The Balaban J connectivity index is 0. The molecule has 0 bridgehead atoms. The first kappa shape index (κ1) is 25.7. The molecule has 0 aliphatic carbocycles. The maximum absolute atomic E-state index is 11.0. The molecular formula is C17H36IN3O3. The number of esters is 1. The van der Waals surface area contributed by atoms with Crippen LogP contribution in [0.5, 0.6) is 0 Å². The highest BCUT2D eigenvalue weighted by Crippen LogP contribution is 2.01. The first-order chi connectivity index (χ1) is 11.1. The number of rotatable bonds is 13. The number of nitrogens with one attached hydrogen (secondary N) is 2. The summed E-state index contributed by atoms with van der Waals surface area (Å²) in [5.41, 5.74) is 0. The second kappa shape index (κ2) is 18.8. The SMILES string of the molecule is CCNC(=NCCCCCC(=O)OC)NCCOCCC(C)C.I. The van der Waals surface area contributed by atoms with Crippen molar-refractivity contribution in [1.29, 1.82) is 0 Å². The quantitative estimate of drug-likeness (QED) is 0.146. The molecule has 7 heteroatoms. The molecule has 0 spiro atoms. The Bertz CT molecular complexity index is 326. The lowest BCUT2D eigenvalue weighted by atomic mass is 10.1. The Kier molecular flexibility index (Phi) is 20.1. The van der Waals surface area contributed by atoms with Gasteiger partial charge in [0.05, 0.1) is 13.7 Å². The number of halogens is 1.